The van der Waals surface area contributed by atoms with E-state index in [1.165, 1.54) is 11.3 Å². The second-order valence-corrected chi connectivity index (χ2v) is 7.07. The third kappa shape index (κ3) is 4.25. The molecule has 0 aliphatic rings. The predicted molar refractivity (Wildman–Crippen MR) is 111 cm³/mol. The van der Waals surface area contributed by atoms with Crippen LogP contribution < -0.4 is 15.8 Å². The van der Waals surface area contributed by atoms with Gasteiger partial charge in [0.05, 0.1) is 12.8 Å². The van der Waals surface area contributed by atoms with E-state index in [2.05, 4.69) is 20.3 Å². The second kappa shape index (κ2) is 8.11. The van der Waals surface area contributed by atoms with Gasteiger partial charge in [0.2, 0.25) is 11.9 Å². The van der Waals surface area contributed by atoms with E-state index in [9.17, 15) is 4.79 Å². The van der Waals surface area contributed by atoms with Gasteiger partial charge in [-0.15, -0.1) is 11.3 Å². The molecule has 0 aliphatic heterocycles. The summed E-state index contributed by atoms with van der Waals surface area (Å²) in [5.74, 6) is 0.679. The molecule has 4 aromatic rings. The van der Waals surface area contributed by atoms with Crippen molar-refractivity contribution in [3.8, 4) is 5.75 Å². The Morgan fingerprint density at radius 3 is 2.72 bits per heavy atom. The van der Waals surface area contributed by atoms with E-state index >= 15 is 0 Å². The van der Waals surface area contributed by atoms with Crippen LogP contribution in [0.3, 0.4) is 0 Å². The molecule has 2 aromatic heterocycles. The summed E-state index contributed by atoms with van der Waals surface area (Å²) in [6, 6.07) is 16.9. The maximum absolute atomic E-state index is 12.4. The number of benzene rings is 2. The van der Waals surface area contributed by atoms with Crippen LogP contribution in [-0.4, -0.2) is 28.0 Å². The summed E-state index contributed by atoms with van der Waals surface area (Å²) in [6.45, 7) is -0.125. The fourth-order valence-electron chi connectivity index (χ4n) is 2.71. The average molecular weight is 407 g/mol. The van der Waals surface area contributed by atoms with Crippen molar-refractivity contribution in [1.82, 2.24) is 15.0 Å². The molecule has 0 saturated heterocycles. The quantitative estimate of drug-likeness (QED) is 0.465. The van der Waals surface area contributed by atoms with Crippen LogP contribution in [0.25, 0.3) is 10.1 Å². The van der Waals surface area contributed by atoms with Gasteiger partial charge in [-0.25, -0.2) is 4.79 Å². The molecular weight excluding hydrogens is 390 g/mol. The molecule has 4 rings (SSSR count). The number of nitrogens with one attached hydrogen (secondary N) is 1. The Hall–Kier alpha value is -3.72. The van der Waals surface area contributed by atoms with Crippen LogP contribution in [0.5, 0.6) is 5.75 Å². The van der Waals surface area contributed by atoms with E-state index in [4.69, 9.17) is 15.2 Å². The van der Waals surface area contributed by atoms with E-state index < -0.39 is 5.97 Å². The standard InChI is InChI=1S/C20H17N5O3S/c1-27-14-8-4-3-7-13(14)22-20-24-17(23-19(21)25-20)11-28-18(26)16-10-12-6-2-5-9-15(12)29-16/h2-10H,11H2,1H3,(H3,21,22,23,24,25). The smallest absolute Gasteiger partial charge is 0.348 e. The summed E-state index contributed by atoms with van der Waals surface area (Å²) in [6.07, 6.45) is 0. The first kappa shape index (κ1) is 18.6. The van der Waals surface area contributed by atoms with E-state index in [1.807, 2.05) is 42.5 Å². The van der Waals surface area contributed by atoms with Crippen molar-refractivity contribution in [2.75, 3.05) is 18.2 Å². The third-order valence-electron chi connectivity index (χ3n) is 4.01. The number of nitrogens with two attached hydrogens (primary N) is 1. The van der Waals surface area contributed by atoms with Gasteiger partial charge in [0.1, 0.15) is 10.6 Å². The Bertz CT molecular complexity index is 1140. The highest BCUT2D eigenvalue weighted by Gasteiger charge is 2.14. The number of ether oxygens (including phenoxy) is 2. The van der Waals surface area contributed by atoms with Crippen molar-refractivity contribution in [1.29, 1.82) is 0 Å². The number of nitrogen functional groups attached to an aromatic ring is 1. The highest BCUT2D eigenvalue weighted by Crippen LogP contribution is 2.27. The summed E-state index contributed by atoms with van der Waals surface area (Å²) in [4.78, 5) is 25.3. The first-order valence-electron chi connectivity index (χ1n) is 8.68. The highest BCUT2D eigenvalue weighted by molar-refractivity contribution is 7.20. The molecule has 0 radical (unpaired) electrons. The molecule has 146 valence electrons. The van der Waals surface area contributed by atoms with E-state index in [0.29, 0.717) is 16.3 Å². The second-order valence-electron chi connectivity index (χ2n) is 5.98. The van der Waals surface area contributed by atoms with Crippen LogP contribution in [0.15, 0.2) is 54.6 Å². The molecule has 0 unspecified atom stereocenters. The molecule has 9 heteroatoms. The minimum Gasteiger partial charge on any atom is -0.495 e. The molecule has 0 saturated carbocycles. The molecule has 0 bridgehead atoms. The monoisotopic (exact) mass is 407 g/mol. The minimum absolute atomic E-state index is 0.0188. The van der Waals surface area contributed by atoms with Crippen molar-refractivity contribution >= 4 is 45.0 Å². The lowest BCUT2D eigenvalue weighted by Gasteiger charge is -2.10. The highest BCUT2D eigenvalue weighted by atomic mass is 32.1. The molecule has 3 N–H and O–H groups in total. The number of anilines is 3. The summed E-state index contributed by atoms with van der Waals surface area (Å²) in [5, 5.41) is 4.03. The van der Waals surface area contributed by atoms with E-state index in [1.54, 1.807) is 19.2 Å². The van der Waals surface area contributed by atoms with Crippen molar-refractivity contribution < 1.29 is 14.3 Å². The van der Waals surface area contributed by atoms with Gasteiger partial charge in [-0.05, 0) is 29.7 Å². The lowest BCUT2D eigenvalue weighted by Crippen LogP contribution is -2.10. The molecule has 0 amide bonds. The minimum atomic E-state index is -0.440. The van der Waals surface area contributed by atoms with E-state index in [0.717, 1.165) is 10.1 Å². The van der Waals surface area contributed by atoms with Gasteiger partial charge in [-0.3, -0.25) is 0 Å². The summed E-state index contributed by atoms with van der Waals surface area (Å²) in [5.41, 5.74) is 6.46. The average Bonchev–Trinajstić information content (AvgIpc) is 3.16. The molecule has 2 aromatic carbocycles. The number of fused-ring (bicyclic) bond motifs is 1. The van der Waals surface area contributed by atoms with E-state index in [-0.39, 0.29) is 24.3 Å². The first-order chi connectivity index (χ1) is 14.1. The van der Waals surface area contributed by atoms with Crippen molar-refractivity contribution in [2.24, 2.45) is 0 Å². The lowest BCUT2D eigenvalue weighted by molar-refractivity contribution is 0.0468. The zero-order valence-corrected chi connectivity index (χ0v) is 16.3. The normalized spacial score (nSPS) is 10.7. The van der Waals surface area contributed by atoms with Gasteiger partial charge >= 0.3 is 5.97 Å². The molecular formula is C20H17N5O3S. The molecule has 0 aliphatic carbocycles. The van der Waals surface area contributed by atoms with Crippen molar-refractivity contribution in [2.45, 2.75) is 6.61 Å². The zero-order chi connectivity index (χ0) is 20.2. The largest absolute Gasteiger partial charge is 0.495 e. The number of carbonyl (C=O) groups is 1. The van der Waals surface area contributed by atoms with Crippen LogP contribution in [0.4, 0.5) is 17.6 Å². The predicted octanol–water partition coefficient (Wildman–Crippen LogP) is 3.78. The molecule has 8 nitrogen and oxygen atoms in total. The number of hydrogen-bond donors (Lipinski definition) is 2. The summed E-state index contributed by atoms with van der Waals surface area (Å²) < 4.78 is 11.7. The maximum Gasteiger partial charge on any atom is 0.348 e. The van der Waals surface area contributed by atoms with Crippen LogP contribution in [-0.2, 0) is 11.3 Å². The Balaban J connectivity index is 1.48. The van der Waals surface area contributed by atoms with Crippen LogP contribution in [0.1, 0.15) is 15.5 Å². The third-order valence-corrected chi connectivity index (χ3v) is 5.11. The Morgan fingerprint density at radius 2 is 1.90 bits per heavy atom. The van der Waals surface area contributed by atoms with Gasteiger partial charge in [-0.2, -0.15) is 15.0 Å². The lowest BCUT2D eigenvalue weighted by atomic mass is 10.2. The zero-order valence-electron chi connectivity index (χ0n) is 15.5. The number of thiophene rings is 1. The number of rotatable bonds is 6. The number of aromatic nitrogens is 3. The number of esters is 1. The summed E-state index contributed by atoms with van der Waals surface area (Å²) >= 11 is 1.37. The molecule has 0 spiro atoms. The molecule has 0 fully saturated rings. The number of methoxy groups -OCH3 is 1. The van der Waals surface area contributed by atoms with Gasteiger partial charge in [0.25, 0.3) is 0 Å². The van der Waals surface area contributed by atoms with Gasteiger partial charge in [-0.1, -0.05) is 30.3 Å². The Morgan fingerprint density at radius 1 is 1.10 bits per heavy atom. The van der Waals surface area contributed by atoms with Crippen molar-refractivity contribution in [3.63, 3.8) is 0 Å². The summed E-state index contributed by atoms with van der Waals surface area (Å²) in [7, 11) is 1.57. The first-order valence-corrected chi connectivity index (χ1v) is 9.50. The fourth-order valence-corrected chi connectivity index (χ4v) is 3.67. The SMILES string of the molecule is COc1ccccc1Nc1nc(N)nc(COC(=O)c2cc3ccccc3s2)n1. The Kier molecular flexibility index (Phi) is 5.21. The van der Waals surface area contributed by atoms with Crippen LogP contribution in [0.2, 0.25) is 0 Å². The topological polar surface area (TPSA) is 112 Å². The Labute approximate surface area is 170 Å². The van der Waals surface area contributed by atoms with Gasteiger partial charge < -0.3 is 20.5 Å². The van der Waals surface area contributed by atoms with Gasteiger partial charge in [0, 0.05) is 4.70 Å². The number of nitrogens with zero attached hydrogens (tertiary/aromatic N) is 3. The number of carbonyl (C=O) groups excluding carboxylic acids is 1. The van der Waals surface area contributed by atoms with Gasteiger partial charge in [0.15, 0.2) is 12.4 Å². The number of hydrogen-bond acceptors (Lipinski definition) is 9. The van der Waals surface area contributed by atoms with Crippen LogP contribution in [0, 0.1) is 0 Å². The fraction of sp³-hybridized carbons (Fsp3) is 0.100. The molecule has 2 heterocycles. The van der Waals surface area contributed by atoms with Crippen LogP contribution >= 0.6 is 11.3 Å². The molecule has 0 atom stereocenters. The number of para-hydroxylation sites is 2. The maximum atomic E-state index is 12.4. The van der Waals surface area contributed by atoms with Crippen molar-refractivity contribution in [3.05, 3.63) is 65.3 Å². The molecule has 29 heavy (non-hydrogen) atoms.